The molecule has 0 bridgehead atoms. The summed E-state index contributed by atoms with van der Waals surface area (Å²) in [5.74, 6) is 0. The van der Waals surface area contributed by atoms with E-state index in [2.05, 4.69) is 53.8 Å². The first kappa shape index (κ1) is 15.0. The number of thiazole rings is 1. The first-order valence-corrected chi connectivity index (χ1v) is 8.40. The van der Waals surface area contributed by atoms with Crippen molar-refractivity contribution in [3.8, 4) is 11.3 Å². The molecule has 1 atom stereocenters. The highest BCUT2D eigenvalue weighted by Crippen LogP contribution is 2.25. The quantitative estimate of drug-likeness (QED) is 0.727. The predicted octanol–water partition coefficient (Wildman–Crippen LogP) is 5.50. The summed E-state index contributed by atoms with van der Waals surface area (Å²) in [5.41, 5.74) is 3.48. The molecule has 3 heteroatoms. The summed E-state index contributed by atoms with van der Waals surface area (Å²) in [5, 5.41) is 6.90. The van der Waals surface area contributed by atoms with Gasteiger partial charge in [-0.3, -0.25) is 0 Å². The Morgan fingerprint density at radius 2 is 2.15 bits per heavy atom. The van der Waals surface area contributed by atoms with E-state index < -0.39 is 0 Å². The van der Waals surface area contributed by atoms with Crippen molar-refractivity contribution in [2.75, 3.05) is 5.32 Å². The van der Waals surface area contributed by atoms with Gasteiger partial charge in [0.25, 0.3) is 0 Å². The molecule has 0 aliphatic carbocycles. The summed E-state index contributed by atoms with van der Waals surface area (Å²) in [6.45, 7) is 6.55. The van der Waals surface area contributed by atoms with Crippen LogP contribution in [0.3, 0.4) is 0 Å². The van der Waals surface area contributed by atoms with Gasteiger partial charge in [-0.15, -0.1) is 11.3 Å². The molecule has 108 valence electrons. The molecule has 0 aliphatic heterocycles. The van der Waals surface area contributed by atoms with E-state index in [0.29, 0.717) is 6.04 Å². The fourth-order valence-corrected chi connectivity index (χ4v) is 2.95. The van der Waals surface area contributed by atoms with Gasteiger partial charge in [0.15, 0.2) is 0 Å². The molecular formula is C17H24N2S. The zero-order valence-corrected chi connectivity index (χ0v) is 13.5. The van der Waals surface area contributed by atoms with Crippen molar-refractivity contribution in [3.05, 3.63) is 34.7 Å². The Morgan fingerprint density at radius 1 is 1.30 bits per heavy atom. The number of hydrogen-bond acceptors (Lipinski definition) is 3. The van der Waals surface area contributed by atoms with Gasteiger partial charge in [0, 0.05) is 22.7 Å². The minimum absolute atomic E-state index is 0.572. The molecular weight excluding hydrogens is 264 g/mol. The van der Waals surface area contributed by atoms with Crippen molar-refractivity contribution < 1.29 is 0 Å². The summed E-state index contributed by atoms with van der Waals surface area (Å²) >= 11 is 1.70. The lowest BCUT2D eigenvalue weighted by atomic mass is 10.1. The topological polar surface area (TPSA) is 24.9 Å². The van der Waals surface area contributed by atoms with Crippen LogP contribution in [-0.4, -0.2) is 11.0 Å². The molecule has 2 nitrogen and oxygen atoms in total. The van der Waals surface area contributed by atoms with E-state index in [1.807, 2.05) is 6.92 Å². The maximum absolute atomic E-state index is 4.56. The number of aromatic nitrogens is 1. The van der Waals surface area contributed by atoms with Crippen LogP contribution in [0.1, 0.15) is 44.5 Å². The monoisotopic (exact) mass is 288 g/mol. The zero-order chi connectivity index (χ0) is 14.4. The predicted molar refractivity (Wildman–Crippen MR) is 89.5 cm³/mol. The lowest BCUT2D eigenvalue weighted by Gasteiger charge is -2.18. The molecule has 1 aromatic carbocycles. The van der Waals surface area contributed by atoms with Crippen LogP contribution in [0.2, 0.25) is 0 Å². The summed E-state index contributed by atoms with van der Waals surface area (Å²) in [6, 6.07) is 9.17. The summed E-state index contributed by atoms with van der Waals surface area (Å²) in [6.07, 6.45) is 4.96. The lowest BCUT2D eigenvalue weighted by Crippen LogP contribution is -2.18. The Labute approximate surface area is 126 Å². The first-order valence-electron chi connectivity index (χ1n) is 7.52. The Morgan fingerprint density at radius 3 is 2.80 bits per heavy atom. The van der Waals surface area contributed by atoms with Crippen molar-refractivity contribution in [2.45, 2.75) is 52.5 Å². The normalized spacial score (nSPS) is 12.3. The molecule has 1 heterocycles. The minimum Gasteiger partial charge on any atom is -0.382 e. The van der Waals surface area contributed by atoms with Crippen molar-refractivity contribution in [1.29, 1.82) is 0 Å². The third-order valence-electron chi connectivity index (χ3n) is 3.55. The fraction of sp³-hybridized carbons (Fsp3) is 0.471. The minimum atomic E-state index is 0.572. The molecule has 0 saturated heterocycles. The van der Waals surface area contributed by atoms with Crippen LogP contribution in [0.4, 0.5) is 5.69 Å². The maximum atomic E-state index is 4.56. The van der Waals surface area contributed by atoms with Crippen molar-refractivity contribution in [1.82, 2.24) is 4.98 Å². The highest BCUT2D eigenvalue weighted by molar-refractivity contribution is 7.09. The Balaban J connectivity index is 2.09. The average molecular weight is 288 g/mol. The second-order valence-electron chi connectivity index (χ2n) is 5.22. The van der Waals surface area contributed by atoms with Gasteiger partial charge in [0.05, 0.1) is 10.7 Å². The third-order valence-corrected chi connectivity index (χ3v) is 4.32. The Hall–Kier alpha value is -1.35. The van der Waals surface area contributed by atoms with Gasteiger partial charge >= 0.3 is 0 Å². The standard InChI is InChI=1S/C17H24N2S/c1-4-6-9-15(5-2)19-16-10-7-8-14(11-16)17-12-20-13(3)18-17/h7-8,10-12,15,19H,4-6,9H2,1-3H3. The highest BCUT2D eigenvalue weighted by Gasteiger charge is 2.07. The number of aryl methyl sites for hydroxylation is 1. The number of anilines is 1. The number of benzene rings is 1. The first-order chi connectivity index (χ1) is 9.72. The van der Waals surface area contributed by atoms with Crippen molar-refractivity contribution >= 4 is 17.0 Å². The molecule has 0 spiro atoms. The van der Waals surface area contributed by atoms with E-state index in [1.165, 1.54) is 36.9 Å². The van der Waals surface area contributed by atoms with E-state index in [4.69, 9.17) is 0 Å². The van der Waals surface area contributed by atoms with E-state index >= 15 is 0 Å². The van der Waals surface area contributed by atoms with Crippen LogP contribution >= 0.6 is 11.3 Å². The molecule has 0 saturated carbocycles. The molecule has 20 heavy (non-hydrogen) atoms. The van der Waals surface area contributed by atoms with Crippen LogP contribution < -0.4 is 5.32 Å². The number of nitrogens with one attached hydrogen (secondary N) is 1. The Bertz CT molecular complexity index is 533. The third kappa shape index (κ3) is 4.07. The molecule has 1 N–H and O–H groups in total. The fourth-order valence-electron chi connectivity index (χ4n) is 2.33. The van der Waals surface area contributed by atoms with Gasteiger partial charge in [-0.2, -0.15) is 0 Å². The average Bonchev–Trinajstić information content (AvgIpc) is 2.90. The number of unbranched alkanes of at least 4 members (excludes halogenated alkanes) is 1. The van der Waals surface area contributed by atoms with E-state index in [0.717, 1.165) is 10.7 Å². The molecule has 0 fully saturated rings. The van der Waals surface area contributed by atoms with Crippen LogP contribution in [0.5, 0.6) is 0 Å². The SMILES string of the molecule is CCCCC(CC)Nc1cccc(-c2csc(C)n2)c1. The van der Waals surface area contributed by atoms with E-state index in [1.54, 1.807) is 11.3 Å². The van der Waals surface area contributed by atoms with Gasteiger partial charge in [0.2, 0.25) is 0 Å². The van der Waals surface area contributed by atoms with E-state index in [-0.39, 0.29) is 0 Å². The molecule has 2 aromatic rings. The Kier molecular flexibility index (Phi) is 5.60. The van der Waals surface area contributed by atoms with Crippen molar-refractivity contribution in [2.24, 2.45) is 0 Å². The van der Waals surface area contributed by atoms with Crippen LogP contribution in [0, 0.1) is 6.92 Å². The van der Waals surface area contributed by atoms with Crippen LogP contribution in [0.25, 0.3) is 11.3 Å². The molecule has 2 rings (SSSR count). The van der Waals surface area contributed by atoms with E-state index in [9.17, 15) is 0 Å². The zero-order valence-electron chi connectivity index (χ0n) is 12.6. The van der Waals surface area contributed by atoms with Crippen LogP contribution in [-0.2, 0) is 0 Å². The van der Waals surface area contributed by atoms with Gasteiger partial charge in [0.1, 0.15) is 0 Å². The molecule has 1 unspecified atom stereocenters. The largest absolute Gasteiger partial charge is 0.382 e. The second kappa shape index (κ2) is 7.44. The van der Waals surface area contributed by atoms with Gasteiger partial charge in [-0.25, -0.2) is 4.98 Å². The smallest absolute Gasteiger partial charge is 0.0901 e. The molecule has 0 aliphatic rings. The lowest BCUT2D eigenvalue weighted by molar-refractivity contribution is 0.593. The van der Waals surface area contributed by atoms with Crippen LogP contribution in [0.15, 0.2) is 29.6 Å². The number of nitrogens with zero attached hydrogens (tertiary/aromatic N) is 1. The molecule has 0 radical (unpaired) electrons. The van der Waals surface area contributed by atoms with Gasteiger partial charge in [-0.1, -0.05) is 38.8 Å². The molecule has 1 aromatic heterocycles. The molecule has 0 amide bonds. The highest BCUT2D eigenvalue weighted by atomic mass is 32.1. The van der Waals surface area contributed by atoms with Gasteiger partial charge in [-0.05, 0) is 31.9 Å². The summed E-state index contributed by atoms with van der Waals surface area (Å²) < 4.78 is 0. The maximum Gasteiger partial charge on any atom is 0.0901 e. The summed E-state index contributed by atoms with van der Waals surface area (Å²) in [4.78, 5) is 4.56. The summed E-state index contributed by atoms with van der Waals surface area (Å²) in [7, 11) is 0. The number of hydrogen-bond donors (Lipinski definition) is 1. The number of rotatable bonds is 7. The van der Waals surface area contributed by atoms with Crippen molar-refractivity contribution in [3.63, 3.8) is 0 Å². The second-order valence-corrected chi connectivity index (χ2v) is 6.29. The van der Waals surface area contributed by atoms with Gasteiger partial charge < -0.3 is 5.32 Å².